The maximum absolute atomic E-state index is 12.7. The number of aliphatic hydroxyl groups excluding tert-OH is 1. The standard InChI is InChI=1S/C12H23F3N2O/c13-12(14,15)10(8-16)9-17(6-7-18)11-4-2-1-3-5-11/h10-11,18H,1-9,16H2. The van der Waals surface area contributed by atoms with Crippen LogP contribution in [0.1, 0.15) is 32.1 Å². The van der Waals surface area contributed by atoms with Crippen molar-refractivity contribution in [3.63, 3.8) is 0 Å². The largest absolute Gasteiger partial charge is 0.395 e. The zero-order valence-electron chi connectivity index (χ0n) is 10.6. The highest BCUT2D eigenvalue weighted by Gasteiger charge is 2.40. The summed E-state index contributed by atoms with van der Waals surface area (Å²) in [5.41, 5.74) is 5.22. The minimum Gasteiger partial charge on any atom is -0.395 e. The van der Waals surface area contributed by atoms with Crippen molar-refractivity contribution in [2.45, 2.75) is 44.3 Å². The zero-order chi connectivity index (χ0) is 13.6. The van der Waals surface area contributed by atoms with Gasteiger partial charge in [0.25, 0.3) is 0 Å². The summed E-state index contributed by atoms with van der Waals surface area (Å²) in [6, 6.07) is 0.169. The van der Waals surface area contributed by atoms with Gasteiger partial charge in [0.15, 0.2) is 0 Å². The first kappa shape index (κ1) is 15.7. The molecule has 3 N–H and O–H groups in total. The molecule has 6 heteroatoms. The van der Waals surface area contributed by atoms with Crippen LogP contribution in [0.3, 0.4) is 0 Å². The molecule has 1 fully saturated rings. The summed E-state index contributed by atoms with van der Waals surface area (Å²) in [6.45, 7) is -0.285. The number of nitrogens with zero attached hydrogens (tertiary/aromatic N) is 1. The zero-order valence-corrected chi connectivity index (χ0v) is 10.6. The van der Waals surface area contributed by atoms with Gasteiger partial charge in [-0.2, -0.15) is 13.2 Å². The quantitative estimate of drug-likeness (QED) is 0.771. The summed E-state index contributed by atoms with van der Waals surface area (Å²) in [5.74, 6) is -1.49. The molecule has 0 heterocycles. The average Bonchev–Trinajstić information content (AvgIpc) is 2.34. The third-order valence-corrected chi connectivity index (χ3v) is 3.68. The molecule has 3 nitrogen and oxygen atoms in total. The van der Waals surface area contributed by atoms with Gasteiger partial charge in [-0.25, -0.2) is 0 Å². The van der Waals surface area contributed by atoms with E-state index in [1.54, 1.807) is 4.90 Å². The normalized spacial score (nSPS) is 20.3. The molecule has 18 heavy (non-hydrogen) atoms. The third kappa shape index (κ3) is 4.74. The van der Waals surface area contributed by atoms with Crippen molar-refractivity contribution in [1.82, 2.24) is 4.90 Å². The van der Waals surface area contributed by atoms with Crippen molar-refractivity contribution >= 4 is 0 Å². The molecular weight excluding hydrogens is 245 g/mol. The van der Waals surface area contributed by atoms with Crippen LogP contribution in [-0.4, -0.2) is 48.5 Å². The van der Waals surface area contributed by atoms with Crippen LogP contribution in [0.5, 0.6) is 0 Å². The Balaban J connectivity index is 2.60. The molecule has 0 spiro atoms. The summed E-state index contributed by atoms with van der Waals surface area (Å²) in [6.07, 6.45) is 0.877. The summed E-state index contributed by atoms with van der Waals surface area (Å²) in [4.78, 5) is 1.77. The second kappa shape index (κ2) is 7.31. The number of hydrogen-bond donors (Lipinski definition) is 2. The monoisotopic (exact) mass is 268 g/mol. The highest BCUT2D eigenvalue weighted by Crippen LogP contribution is 2.29. The molecule has 0 aliphatic heterocycles. The van der Waals surface area contributed by atoms with Gasteiger partial charge in [0, 0.05) is 25.7 Å². The summed E-state index contributed by atoms with van der Waals surface area (Å²) < 4.78 is 38.2. The van der Waals surface area contributed by atoms with E-state index in [9.17, 15) is 13.2 Å². The molecule has 1 aliphatic rings. The van der Waals surface area contributed by atoms with Gasteiger partial charge in [-0.15, -0.1) is 0 Å². The molecule has 1 unspecified atom stereocenters. The number of alkyl halides is 3. The van der Waals surface area contributed by atoms with E-state index in [-0.39, 0.29) is 19.2 Å². The smallest absolute Gasteiger partial charge is 0.394 e. The number of nitrogens with two attached hydrogens (primary N) is 1. The predicted molar refractivity (Wildman–Crippen MR) is 64.1 cm³/mol. The lowest BCUT2D eigenvalue weighted by molar-refractivity contribution is -0.178. The van der Waals surface area contributed by atoms with Gasteiger partial charge < -0.3 is 10.8 Å². The Bertz CT molecular complexity index is 230. The number of rotatable bonds is 6. The van der Waals surface area contributed by atoms with Gasteiger partial charge in [-0.1, -0.05) is 19.3 Å². The second-order valence-electron chi connectivity index (χ2n) is 4.98. The molecule has 1 saturated carbocycles. The van der Waals surface area contributed by atoms with Crippen LogP contribution >= 0.6 is 0 Å². The van der Waals surface area contributed by atoms with Crippen LogP contribution in [0.4, 0.5) is 13.2 Å². The fourth-order valence-electron chi connectivity index (χ4n) is 2.59. The molecule has 0 aromatic rings. The van der Waals surface area contributed by atoms with E-state index in [1.165, 1.54) is 0 Å². The van der Waals surface area contributed by atoms with Crippen molar-refractivity contribution in [3.05, 3.63) is 0 Å². The minimum atomic E-state index is -4.25. The van der Waals surface area contributed by atoms with Crippen LogP contribution in [0, 0.1) is 5.92 Å². The number of halogens is 3. The SMILES string of the molecule is NCC(CN(CCO)C1CCCCC1)C(F)(F)F. The Morgan fingerprint density at radius 1 is 1.22 bits per heavy atom. The predicted octanol–water partition coefficient (Wildman–Crippen LogP) is 1.75. The third-order valence-electron chi connectivity index (χ3n) is 3.68. The van der Waals surface area contributed by atoms with Gasteiger partial charge in [0.2, 0.25) is 0 Å². The van der Waals surface area contributed by atoms with E-state index in [1.807, 2.05) is 0 Å². The fraction of sp³-hybridized carbons (Fsp3) is 1.00. The van der Waals surface area contributed by atoms with Gasteiger partial charge in [0.05, 0.1) is 12.5 Å². The lowest BCUT2D eigenvalue weighted by Crippen LogP contribution is -2.46. The van der Waals surface area contributed by atoms with Gasteiger partial charge in [-0.05, 0) is 12.8 Å². The number of aliphatic hydroxyl groups is 1. The van der Waals surface area contributed by atoms with Crippen LogP contribution in [0.2, 0.25) is 0 Å². The van der Waals surface area contributed by atoms with Crippen LogP contribution in [0.15, 0.2) is 0 Å². The van der Waals surface area contributed by atoms with Crippen LogP contribution < -0.4 is 5.73 Å². The fourth-order valence-corrected chi connectivity index (χ4v) is 2.59. The molecule has 0 aromatic carbocycles. The summed E-state index contributed by atoms with van der Waals surface area (Å²) >= 11 is 0. The highest BCUT2D eigenvalue weighted by molar-refractivity contribution is 4.80. The molecule has 1 atom stereocenters. The van der Waals surface area contributed by atoms with E-state index >= 15 is 0 Å². The molecule has 0 radical (unpaired) electrons. The van der Waals surface area contributed by atoms with Crippen LogP contribution in [0.25, 0.3) is 0 Å². The van der Waals surface area contributed by atoms with Gasteiger partial charge in [0.1, 0.15) is 0 Å². The molecule has 1 aliphatic carbocycles. The molecule has 0 bridgehead atoms. The summed E-state index contributed by atoms with van der Waals surface area (Å²) in [5, 5.41) is 9.00. The molecule has 0 amide bonds. The Morgan fingerprint density at radius 2 is 1.83 bits per heavy atom. The Kier molecular flexibility index (Phi) is 6.38. The van der Waals surface area contributed by atoms with Gasteiger partial charge in [-0.3, -0.25) is 4.90 Å². The van der Waals surface area contributed by atoms with E-state index in [0.717, 1.165) is 32.1 Å². The molecule has 0 saturated heterocycles. The molecule has 1 rings (SSSR count). The maximum Gasteiger partial charge on any atom is 0.394 e. The van der Waals surface area contributed by atoms with E-state index < -0.39 is 18.6 Å². The number of hydrogen-bond acceptors (Lipinski definition) is 3. The van der Waals surface area contributed by atoms with Crippen molar-refractivity contribution in [2.75, 3.05) is 26.2 Å². The lowest BCUT2D eigenvalue weighted by atomic mass is 9.93. The Labute approximate surface area is 106 Å². The van der Waals surface area contributed by atoms with Crippen molar-refractivity contribution in [1.29, 1.82) is 0 Å². The van der Waals surface area contributed by atoms with E-state index in [2.05, 4.69) is 0 Å². The molecule has 0 aromatic heterocycles. The first-order chi connectivity index (χ1) is 8.49. The van der Waals surface area contributed by atoms with E-state index in [0.29, 0.717) is 6.54 Å². The first-order valence-corrected chi connectivity index (χ1v) is 6.60. The van der Waals surface area contributed by atoms with Crippen molar-refractivity contribution in [2.24, 2.45) is 11.7 Å². The Hall–Kier alpha value is -0.330. The van der Waals surface area contributed by atoms with E-state index in [4.69, 9.17) is 10.8 Å². The van der Waals surface area contributed by atoms with Crippen molar-refractivity contribution < 1.29 is 18.3 Å². The molecular formula is C12H23F3N2O. The molecule has 108 valence electrons. The second-order valence-corrected chi connectivity index (χ2v) is 4.98. The average molecular weight is 268 g/mol. The highest BCUT2D eigenvalue weighted by atomic mass is 19.4. The lowest BCUT2D eigenvalue weighted by Gasteiger charge is -2.36. The van der Waals surface area contributed by atoms with Crippen molar-refractivity contribution in [3.8, 4) is 0 Å². The Morgan fingerprint density at radius 3 is 2.28 bits per heavy atom. The topological polar surface area (TPSA) is 49.5 Å². The summed E-state index contributed by atoms with van der Waals surface area (Å²) in [7, 11) is 0. The van der Waals surface area contributed by atoms with Gasteiger partial charge >= 0.3 is 6.18 Å². The maximum atomic E-state index is 12.7. The minimum absolute atomic E-state index is 0.0920. The first-order valence-electron chi connectivity index (χ1n) is 6.60. The van der Waals surface area contributed by atoms with Crippen LogP contribution in [-0.2, 0) is 0 Å².